The lowest BCUT2D eigenvalue weighted by molar-refractivity contribution is 0.377. The molecule has 0 atom stereocenters. The number of hydrogen-bond donors (Lipinski definition) is 1. The van der Waals surface area contributed by atoms with E-state index in [-0.39, 0.29) is 5.54 Å². The van der Waals surface area contributed by atoms with E-state index in [4.69, 9.17) is 0 Å². The molecule has 1 N–H and O–H groups in total. The summed E-state index contributed by atoms with van der Waals surface area (Å²) in [5.74, 6) is 0.934. The molecular weight excluding hydrogens is 258 g/mol. The highest BCUT2D eigenvalue weighted by atomic mass is 15.1. The Balaban J connectivity index is 2.00. The maximum Gasteiger partial charge on any atom is 0.0442 e. The Labute approximate surface area is 130 Å². The third-order valence-electron chi connectivity index (χ3n) is 4.34. The summed E-state index contributed by atoms with van der Waals surface area (Å²) in [6, 6.07) is 2.18. The average molecular weight is 289 g/mol. The van der Waals surface area contributed by atoms with Crippen molar-refractivity contribution in [1.82, 2.24) is 10.3 Å². The Morgan fingerprint density at radius 1 is 1.29 bits per heavy atom. The van der Waals surface area contributed by atoms with Gasteiger partial charge in [-0.1, -0.05) is 19.8 Å². The van der Waals surface area contributed by atoms with Crippen LogP contribution in [0.15, 0.2) is 18.5 Å². The van der Waals surface area contributed by atoms with Gasteiger partial charge in [0, 0.05) is 48.8 Å². The summed E-state index contributed by atoms with van der Waals surface area (Å²) in [6.07, 6.45) is 9.33. The smallest absolute Gasteiger partial charge is 0.0442 e. The van der Waals surface area contributed by atoms with E-state index in [1.165, 1.54) is 50.0 Å². The van der Waals surface area contributed by atoms with Crippen LogP contribution in [0.3, 0.4) is 0 Å². The Hall–Kier alpha value is -1.09. The Morgan fingerprint density at radius 3 is 2.62 bits per heavy atom. The molecule has 0 radical (unpaired) electrons. The first-order valence-electron chi connectivity index (χ1n) is 8.42. The molecule has 0 amide bonds. The minimum Gasteiger partial charge on any atom is -0.371 e. The number of hydrogen-bond acceptors (Lipinski definition) is 3. The van der Waals surface area contributed by atoms with Crippen molar-refractivity contribution in [1.29, 1.82) is 0 Å². The van der Waals surface area contributed by atoms with E-state index in [1.54, 1.807) is 0 Å². The van der Waals surface area contributed by atoms with Gasteiger partial charge < -0.3 is 10.2 Å². The van der Waals surface area contributed by atoms with Gasteiger partial charge in [0.15, 0.2) is 0 Å². The number of pyridine rings is 1. The van der Waals surface area contributed by atoms with E-state index in [1.807, 2.05) is 12.4 Å². The fourth-order valence-electron chi connectivity index (χ4n) is 3.10. The van der Waals surface area contributed by atoms with Crippen molar-refractivity contribution in [2.75, 3.05) is 18.0 Å². The van der Waals surface area contributed by atoms with Crippen LogP contribution in [-0.2, 0) is 6.54 Å². The van der Waals surface area contributed by atoms with Crippen LogP contribution in [0.2, 0.25) is 0 Å². The molecule has 21 heavy (non-hydrogen) atoms. The molecular formula is C18H31N3. The number of piperidine rings is 1. The third-order valence-corrected chi connectivity index (χ3v) is 4.34. The second kappa shape index (κ2) is 7.26. The normalized spacial score (nSPS) is 17.2. The maximum atomic E-state index is 4.32. The van der Waals surface area contributed by atoms with Crippen molar-refractivity contribution in [3.63, 3.8) is 0 Å². The SMILES string of the molecule is CCCC1CCN(c2ccncc2CNC(C)(C)C)CC1. The molecule has 1 saturated heterocycles. The molecule has 3 heteroatoms. The molecule has 0 aromatic carbocycles. The van der Waals surface area contributed by atoms with Crippen molar-refractivity contribution in [2.24, 2.45) is 5.92 Å². The lowest BCUT2D eigenvalue weighted by atomic mass is 9.92. The molecule has 1 aromatic rings. The first-order chi connectivity index (χ1) is 9.99. The van der Waals surface area contributed by atoms with Gasteiger partial charge in [0.05, 0.1) is 0 Å². The van der Waals surface area contributed by atoms with Crippen molar-refractivity contribution >= 4 is 5.69 Å². The fraction of sp³-hybridized carbons (Fsp3) is 0.722. The van der Waals surface area contributed by atoms with E-state index in [9.17, 15) is 0 Å². The fourth-order valence-corrected chi connectivity index (χ4v) is 3.10. The van der Waals surface area contributed by atoms with Crippen LogP contribution in [0.4, 0.5) is 5.69 Å². The number of anilines is 1. The van der Waals surface area contributed by atoms with Crippen LogP contribution < -0.4 is 10.2 Å². The van der Waals surface area contributed by atoms with Gasteiger partial charge in [-0.3, -0.25) is 4.98 Å². The lowest BCUT2D eigenvalue weighted by Crippen LogP contribution is -2.37. The zero-order valence-electron chi connectivity index (χ0n) is 14.2. The van der Waals surface area contributed by atoms with Gasteiger partial charge >= 0.3 is 0 Å². The van der Waals surface area contributed by atoms with Crippen LogP contribution in [0, 0.1) is 5.92 Å². The highest BCUT2D eigenvalue weighted by Crippen LogP contribution is 2.28. The van der Waals surface area contributed by atoms with Crippen molar-refractivity contribution in [3.05, 3.63) is 24.0 Å². The largest absolute Gasteiger partial charge is 0.371 e. The Kier molecular flexibility index (Phi) is 5.63. The average Bonchev–Trinajstić information content (AvgIpc) is 2.46. The predicted molar refractivity (Wildman–Crippen MR) is 90.7 cm³/mol. The minimum absolute atomic E-state index is 0.140. The number of aromatic nitrogens is 1. The molecule has 1 aliphatic heterocycles. The predicted octanol–water partition coefficient (Wildman–Crippen LogP) is 3.99. The van der Waals surface area contributed by atoms with Gasteiger partial charge in [-0.25, -0.2) is 0 Å². The van der Waals surface area contributed by atoms with Crippen molar-refractivity contribution in [3.8, 4) is 0 Å². The topological polar surface area (TPSA) is 28.2 Å². The van der Waals surface area contributed by atoms with Crippen LogP contribution in [0.1, 0.15) is 58.9 Å². The summed E-state index contributed by atoms with van der Waals surface area (Å²) >= 11 is 0. The number of nitrogens with zero attached hydrogens (tertiary/aromatic N) is 2. The van der Waals surface area contributed by atoms with Gasteiger partial charge in [0.2, 0.25) is 0 Å². The molecule has 0 spiro atoms. The van der Waals surface area contributed by atoms with E-state index >= 15 is 0 Å². The molecule has 1 aromatic heterocycles. The molecule has 2 heterocycles. The van der Waals surface area contributed by atoms with E-state index in [0.29, 0.717) is 0 Å². The quantitative estimate of drug-likeness (QED) is 0.888. The lowest BCUT2D eigenvalue weighted by Gasteiger charge is -2.35. The highest BCUT2D eigenvalue weighted by molar-refractivity contribution is 5.52. The zero-order valence-corrected chi connectivity index (χ0v) is 14.2. The minimum atomic E-state index is 0.140. The van der Waals surface area contributed by atoms with Crippen LogP contribution in [0.5, 0.6) is 0 Å². The second-order valence-corrected chi connectivity index (χ2v) is 7.33. The van der Waals surface area contributed by atoms with E-state index < -0.39 is 0 Å². The summed E-state index contributed by atoms with van der Waals surface area (Å²) in [7, 11) is 0. The molecule has 0 unspecified atom stereocenters. The molecule has 0 aliphatic carbocycles. The number of nitrogens with one attached hydrogen (secondary N) is 1. The monoisotopic (exact) mass is 289 g/mol. The number of rotatable bonds is 5. The van der Waals surface area contributed by atoms with Gasteiger partial charge in [-0.2, -0.15) is 0 Å². The summed E-state index contributed by atoms with van der Waals surface area (Å²) in [5, 5.41) is 3.58. The molecule has 1 fully saturated rings. The van der Waals surface area contributed by atoms with Gasteiger partial charge in [0.1, 0.15) is 0 Å². The zero-order chi connectivity index (χ0) is 15.3. The molecule has 118 valence electrons. The van der Waals surface area contributed by atoms with Gasteiger partial charge in [0.25, 0.3) is 0 Å². The second-order valence-electron chi connectivity index (χ2n) is 7.33. The van der Waals surface area contributed by atoms with Crippen molar-refractivity contribution < 1.29 is 0 Å². The summed E-state index contributed by atoms with van der Waals surface area (Å²) in [5.41, 5.74) is 2.83. The first-order valence-corrected chi connectivity index (χ1v) is 8.42. The molecule has 0 bridgehead atoms. The summed E-state index contributed by atoms with van der Waals surface area (Å²) in [4.78, 5) is 6.87. The highest BCUT2D eigenvalue weighted by Gasteiger charge is 2.21. The van der Waals surface area contributed by atoms with E-state index in [0.717, 1.165) is 12.5 Å². The molecule has 0 saturated carbocycles. The van der Waals surface area contributed by atoms with Crippen LogP contribution in [-0.4, -0.2) is 23.6 Å². The molecule has 1 aliphatic rings. The summed E-state index contributed by atoms with van der Waals surface area (Å²) < 4.78 is 0. The van der Waals surface area contributed by atoms with E-state index in [2.05, 4.69) is 49.0 Å². The maximum absolute atomic E-state index is 4.32. The first kappa shape index (κ1) is 16.3. The Morgan fingerprint density at radius 2 is 2.00 bits per heavy atom. The Bertz CT molecular complexity index is 428. The van der Waals surface area contributed by atoms with Gasteiger partial charge in [-0.05, 0) is 45.6 Å². The van der Waals surface area contributed by atoms with Gasteiger partial charge in [-0.15, -0.1) is 0 Å². The standard InChI is InChI=1S/C18H31N3/c1-5-6-15-8-11-21(12-9-15)17-7-10-19-13-16(17)14-20-18(2,3)4/h7,10,13,15,20H,5-6,8-9,11-12,14H2,1-4H3. The third kappa shape index (κ3) is 4.99. The van der Waals surface area contributed by atoms with Crippen molar-refractivity contribution in [2.45, 2.75) is 65.5 Å². The molecule has 3 nitrogen and oxygen atoms in total. The van der Waals surface area contributed by atoms with Crippen LogP contribution in [0.25, 0.3) is 0 Å². The molecule has 2 rings (SSSR count). The van der Waals surface area contributed by atoms with Crippen LogP contribution >= 0.6 is 0 Å². The summed E-state index contributed by atoms with van der Waals surface area (Å²) in [6.45, 7) is 12.2.